The van der Waals surface area contributed by atoms with Gasteiger partial charge in [0.25, 0.3) is 0 Å². The van der Waals surface area contributed by atoms with Crippen molar-refractivity contribution >= 4 is 20.5 Å². The standard InChI is InChI=1S/C23H41N3O7Si/c1-11-29-20(28)23(9,10)17-12-15(25-26-24)18(31-14(2)27)19-16(32-17)13-30-34(33-19,21(3,4)5)22(6,7)8/h15-19H,11-13H2,1-10H3/t15-,16-,17+,18+,19+/m1/s1. The van der Waals surface area contributed by atoms with Gasteiger partial charge in [0.2, 0.25) is 0 Å². The van der Waals surface area contributed by atoms with Gasteiger partial charge in [-0.05, 0) is 32.7 Å². The van der Waals surface area contributed by atoms with Crippen LogP contribution in [0.3, 0.4) is 0 Å². The summed E-state index contributed by atoms with van der Waals surface area (Å²) in [4.78, 5) is 27.9. The van der Waals surface area contributed by atoms with E-state index in [1.54, 1.807) is 20.8 Å². The maximum absolute atomic E-state index is 12.8. The van der Waals surface area contributed by atoms with E-state index in [0.717, 1.165) is 0 Å². The fourth-order valence-electron chi connectivity index (χ4n) is 5.17. The van der Waals surface area contributed by atoms with Crippen LogP contribution < -0.4 is 0 Å². The average molecular weight is 500 g/mol. The first-order valence-corrected chi connectivity index (χ1v) is 13.7. The van der Waals surface area contributed by atoms with Crippen molar-refractivity contribution in [3.63, 3.8) is 0 Å². The molecule has 0 spiro atoms. The first-order valence-electron chi connectivity index (χ1n) is 11.9. The summed E-state index contributed by atoms with van der Waals surface area (Å²) >= 11 is 0. The minimum atomic E-state index is -2.96. The maximum Gasteiger partial charge on any atom is 0.349 e. The van der Waals surface area contributed by atoms with Crippen molar-refractivity contribution in [2.24, 2.45) is 10.5 Å². The predicted octanol–water partition coefficient (Wildman–Crippen LogP) is 4.80. The molecule has 0 saturated carbocycles. The van der Waals surface area contributed by atoms with Crippen molar-refractivity contribution in [1.29, 1.82) is 0 Å². The first kappa shape index (κ1) is 28.6. The van der Waals surface area contributed by atoms with Gasteiger partial charge in [-0.3, -0.25) is 9.59 Å². The highest BCUT2D eigenvalue weighted by molar-refractivity contribution is 6.73. The summed E-state index contributed by atoms with van der Waals surface area (Å²) in [5.41, 5.74) is 8.28. The van der Waals surface area contributed by atoms with Crippen molar-refractivity contribution in [1.82, 2.24) is 0 Å². The second-order valence-corrected chi connectivity index (χ2v) is 16.5. The molecular weight excluding hydrogens is 458 g/mol. The Morgan fingerprint density at radius 2 is 1.71 bits per heavy atom. The van der Waals surface area contributed by atoms with Crippen LogP contribution in [0.15, 0.2) is 5.11 Å². The SMILES string of the molecule is CCOC(=O)C(C)(C)[C@@H]1C[C@@H](N=[N+]=[N-])[C@H](OC(C)=O)[C@H]2O[Si](C(C)(C)C)(C(C)(C)C)OC[C@H]2O1. The number of nitrogens with zero attached hydrogens (tertiary/aromatic N) is 3. The van der Waals surface area contributed by atoms with E-state index < -0.39 is 56.4 Å². The quantitative estimate of drug-likeness (QED) is 0.175. The minimum absolute atomic E-state index is 0.157. The van der Waals surface area contributed by atoms with Crippen molar-refractivity contribution in [2.75, 3.05) is 13.2 Å². The van der Waals surface area contributed by atoms with Crippen LogP contribution in [-0.2, 0) is 32.7 Å². The molecule has 0 aromatic rings. The third-order valence-corrected chi connectivity index (χ3v) is 11.8. The first-order chi connectivity index (χ1) is 15.5. The largest absolute Gasteiger partial charge is 0.466 e. The minimum Gasteiger partial charge on any atom is -0.466 e. The zero-order valence-electron chi connectivity index (χ0n) is 22.2. The van der Waals surface area contributed by atoms with E-state index in [4.69, 9.17) is 23.1 Å². The molecule has 11 heteroatoms. The van der Waals surface area contributed by atoms with Gasteiger partial charge in [-0.2, -0.15) is 0 Å². The van der Waals surface area contributed by atoms with Crippen LogP contribution in [0.25, 0.3) is 10.4 Å². The Kier molecular flexibility index (Phi) is 8.53. The Morgan fingerprint density at radius 1 is 1.12 bits per heavy atom. The van der Waals surface area contributed by atoms with E-state index >= 15 is 0 Å². The van der Waals surface area contributed by atoms with Crippen LogP contribution in [0.5, 0.6) is 0 Å². The molecule has 2 saturated heterocycles. The van der Waals surface area contributed by atoms with Gasteiger partial charge in [0.05, 0.1) is 30.8 Å². The van der Waals surface area contributed by atoms with Crippen LogP contribution in [0.1, 0.15) is 75.7 Å². The van der Waals surface area contributed by atoms with Crippen LogP contribution in [0.4, 0.5) is 0 Å². The van der Waals surface area contributed by atoms with Crippen molar-refractivity contribution in [3.8, 4) is 0 Å². The number of fused-ring (bicyclic) bond motifs is 1. The van der Waals surface area contributed by atoms with E-state index in [1.165, 1.54) is 6.92 Å². The fraction of sp³-hybridized carbons (Fsp3) is 0.913. The molecule has 2 fully saturated rings. The van der Waals surface area contributed by atoms with Gasteiger partial charge in [-0.15, -0.1) is 0 Å². The number of azide groups is 1. The Balaban J connectivity index is 2.61. The van der Waals surface area contributed by atoms with E-state index in [2.05, 4.69) is 51.6 Å². The summed E-state index contributed by atoms with van der Waals surface area (Å²) < 4.78 is 30.9. The molecule has 2 rings (SSSR count). The highest BCUT2D eigenvalue weighted by Crippen LogP contribution is 2.55. The molecule has 2 aliphatic rings. The molecule has 0 aromatic heterocycles. The lowest BCUT2D eigenvalue weighted by atomic mass is 9.82. The van der Waals surface area contributed by atoms with E-state index in [1.807, 2.05) is 0 Å². The lowest BCUT2D eigenvalue weighted by Gasteiger charge is -2.55. The molecule has 5 atom stereocenters. The molecule has 0 radical (unpaired) electrons. The summed E-state index contributed by atoms with van der Waals surface area (Å²) in [5.74, 6) is -0.938. The van der Waals surface area contributed by atoms with Crippen LogP contribution in [-0.4, -0.2) is 64.2 Å². The second-order valence-electron chi connectivity index (χ2n) is 11.7. The van der Waals surface area contributed by atoms with Gasteiger partial charge in [0, 0.05) is 21.9 Å². The van der Waals surface area contributed by atoms with Gasteiger partial charge in [-0.1, -0.05) is 46.7 Å². The zero-order valence-corrected chi connectivity index (χ0v) is 23.2. The summed E-state index contributed by atoms with van der Waals surface area (Å²) in [5, 5.41) is 3.34. The lowest BCUT2D eigenvalue weighted by Crippen LogP contribution is -2.67. The van der Waals surface area contributed by atoms with Gasteiger partial charge in [0.15, 0.2) is 0 Å². The fourth-order valence-corrected chi connectivity index (χ4v) is 10.1. The normalized spacial score (nSPS) is 29.8. The second kappa shape index (κ2) is 10.1. The Hall–Kier alpha value is -1.65. The number of carbonyl (C=O) groups excluding carboxylic acids is 2. The highest BCUT2D eigenvalue weighted by Gasteiger charge is 2.64. The average Bonchev–Trinajstić information content (AvgIpc) is 2.83. The predicted molar refractivity (Wildman–Crippen MR) is 128 cm³/mol. The maximum atomic E-state index is 12.8. The number of esters is 2. The summed E-state index contributed by atoms with van der Waals surface area (Å²) in [7, 11) is -2.96. The summed E-state index contributed by atoms with van der Waals surface area (Å²) in [6.07, 6.45) is -2.76. The molecule has 2 aliphatic heterocycles. The van der Waals surface area contributed by atoms with Crippen LogP contribution in [0, 0.1) is 5.41 Å². The molecule has 10 nitrogen and oxygen atoms in total. The molecule has 194 valence electrons. The van der Waals surface area contributed by atoms with Gasteiger partial charge < -0.3 is 23.1 Å². The third-order valence-electron chi connectivity index (χ3n) is 6.70. The van der Waals surface area contributed by atoms with Gasteiger partial charge in [0.1, 0.15) is 18.3 Å². The molecular formula is C23H41N3O7Si. The molecule has 0 aromatic carbocycles. The molecule has 2 heterocycles. The van der Waals surface area contributed by atoms with E-state index in [9.17, 15) is 15.1 Å². The van der Waals surface area contributed by atoms with Gasteiger partial charge in [-0.25, -0.2) is 0 Å². The summed E-state index contributed by atoms with van der Waals surface area (Å²) in [6.45, 7) is 19.5. The molecule has 0 bridgehead atoms. The topological polar surface area (TPSA) is 129 Å². The summed E-state index contributed by atoms with van der Waals surface area (Å²) in [6, 6.07) is -0.799. The van der Waals surface area contributed by atoms with Crippen molar-refractivity contribution < 1.29 is 32.7 Å². The third kappa shape index (κ3) is 5.43. The van der Waals surface area contributed by atoms with Crippen molar-refractivity contribution in [2.45, 2.75) is 116 Å². The lowest BCUT2D eigenvalue weighted by molar-refractivity contribution is -0.186. The number of hydrogen-bond acceptors (Lipinski definition) is 8. The molecule has 0 unspecified atom stereocenters. The smallest absolute Gasteiger partial charge is 0.349 e. The number of hydrogen-bond donors (Lipinski definition) is 0. The molecule has 0 N–H and O–H groups in total. The van der Waals surface area contributed by atoms with Crippen LogP contribution >= 0.6 is 0 Å². The Bertz CT molecular complexity index is 800. The van der Waals surface area contributed by atoms with Crippen molar-refractivity contribution in [3.05, 3.63) is 10.4 Å². The van der Waals surface area contributed by atoms with E-state index in [-0.39, 0.29) is 29.7 Å². The number of ether oxygens (including phenoxy) is 3. The molecule has 0 amide bonds. The van der Waals surface area contributed by atoms with E-state index in [0.29, 0.717) is 0 Å². The monoisotopic (exact) mass is 499 g/mol. The van der Waals surface area contributed by atoms with Crippen LogP contribution in [0.2, 0.25) is 10.1 Å². The van der Waals surface area contributed by atoms with Gasteiger partial charge >= 0.3 is 20.5 Å². The zero-order chi connectivity index (χ0) is 26.1. The highest BCUT2D eigenvalue weighted by atomic mass is 28.4. The Labute approximate surface area is 203 Å². The Morgan fingerprint density at radius 3 is 2.18 bits per heavy atom. The number of rotatable bonds is 5. The molecule has 34 heavy (non-hydrogen) atoms. The molecule has 0 aliphatic carbocycles. The number of carbonyl (C=O) groups is 2.